The lowest BCUT2D eigenvalue weighted by Gasteiger charge is -1.96. The predicted octanol–water partition coefficient (Wildman–Crippen LogP) is 2.38. The summed E-state index contributed by atoms with van der Waals surface area (Å²) in [7, 11) is 1.33. The van der Waals surface area contributed by atoms with Crippen LogP contribution in [0.5, 0.6) is 0 Å². The fourth-order valence-electron chi connectivity index (χ4n) is 0.402. The van der Waals surface area contributed by atoms with Crippen LogP contribution in [0.4, 0.5) is 0 Å². The maximum Gasteiger partial charge on any atom is 0.333 e. The zero-order valence-corrected chi connectivity index (χ0v) is 8.67. The molecule has 0 heterocycles. The second-order valence-electron chi connectivity index (χ2n) is 2.48. The first-order chi connectivity index (χ1) is 6.49. The van der Waals surface area contributed by atoms with E-state index >= 15 is 0 Å². The molecule has 0 saturated heterocycles. The van der Waals surface area contributed by atoms with Crippen LogP contribution >= 0.6 is 0 Å². The van der Waals surface area contributed by atoms with Crippen LogP contribution in [0.2, 0.25) is 0 Å². The number of esters is 1. The van der Waals surface area contributed by atoms with E-state index in [1.807, 2.05) is 6.07 Å². The van der Waals surface area contributed by atoms with E-state index in [4.69, 9.17) is 5.26 Å². The minimum Gasteiger partial charge on any atom is -0.466 e. The van der Waals surface area contributed by atoms with Gasteiger partial charge in [-0.1, -0.05) is 19.2 Å². The minimum atomic E-state index is -0.366. The maximum absolute atomic E-state index is 10.5. The van der Waals surface area contributed by atoms with E-state index in [2.05, 4.69) is 24.5 Å². The highest BCUT2D eigenvalue weighted by Gasteiger charge is 2.01. The molecule has 0 radical (unpaired) electrons. The van der Waals surface area contributed by atoms with Gasteiger partial charge in [0.2, 0.25) is 0 Å². The highest BCUT2D eigenvalue weighted by Crippen LogP contribution is 1.99. The molecule has 0 amide bonds. The van der Waals surface area contributed by atoms with Crippen molar-refractivity contribution in [3.05, 3.63) is 37.0 Å². The van der Waals surface area contributed by atoms with Crippen LogP contribution in [-0.2, 0) is 9.53 Å². The van der Waals surface area contributed by atoms with Gasteiger partial charge in [0.25, 0.3) is 0 Å². The molecule has 0 aliphatic rings. The van der Waals surface area contributed by atoms with Crippen LogP contribution in [0.3, 0.4) is 0 Å². The van der Waals surface area contributed by atoms with Crippen molar-refractivity contribution in [1.29, 1.82) is 5.26 Å². The van der Waals surface area contributed by atoms with Crippen LogP contribution < -0.4 is 0 Å². The number of ether oxygens (including phenoxy) is 1. The molecule has 14 heavy (non-hydrogen) atoms. The largest absolute Gasteiger partial charge is 0.466 e. The molecule has 3 heteroatoms. The Kier molecular flexibility index (Phi) is 9.73. The number of hydrogen-bond donors (Lipinski definition) is 0. The molecule has 76 valence electrons. The Morgan fingerprint density at radius 1 is 1.57 bits per heavy atom. The second kappa shape index (κ2) is 9.27. The van der Waals surface area contributed by atoms with Crippen molar-refractivity contribution >= 4 is 5.97 Å². The Morgan fingerprint density at radius 3 is 2.21 bits per heavy atom. The summed E-state index contributed by atoms with van der Waals surface area (Å²) in [6.45, 7) is 11.9. The zero-order valence-electron chi connectivity index (χ0n) is 8.67. The SMILES string of the molecule is C=C(C)C#N.C=CCC(=C)C(=O)OC. The second-order valence-corrected chi connectivity index (χ2v) is 2.48. The first-order valence-electron chi connectivity index (χ1n) is 3.92. The van der Waals surface area contributed by atoms with Gasteiger partial charge in [-0.15, -0.1) is 6.58 Å². The highest BCUT2D eigenvalue weighted by molar-refractivity contribution is 5.87. The lowest BCUT2D eigenvalue weighted by atomic mass is 10.2. The van der Waals surface area contributed by atoms with Crippen molar-refractivity contribution in [3.63, 3.8) is 0 Å². The summed E-state index contributed by atoms with van der Waals surface area (Å²) in [5.41, 5.74) is 0.998. The lowest BCUT2D eigenvalue weighted by Crippen LogP contribution is -2.01. The van der Waals surface area contributed by atoms with E-state index < -0.39 is 0 Å². The Labute approximate surface area is 85.0 Å². The van der Waals surface area contributed by atoms with Crippen LogP contribution in [0.1, 0.15) is 13.3 Å². The molecular formula is C11H15NO2. The molecule has 0 fully saturated rings. The third kappa shape index (κ3) is 10.2. The van der Waals surface area contributed by atoms with E-state index in [9.17, 15) is 4.79 Å². The van der Waals surface area contributed by atoms with E-state index in [0.29, 0.717) is 17.6 Å². The van der Waals surface area contributed by atoms with Gasteiger partial charge in [0.05, 0.1) is 13.2 Å². The summed E-state index contributed by atoms with van der Waals surface area (Å²) in [5, 5.41) is 7.79. The van der Waals surface area contributed by atoms with Crippen molar-refractivity contribution in [3.8, 4) is 6.07 Å². The van der Waals surface area contributed by atoms with Gasteiger partial charge in [-0.3, -0.25) is 0 Å². The van der Waals surface area contributed by atoms with Gasteiger partial charge in [-0.25, -0.2) is 4.79 Å². The van der Waals surface area contributed by atoms with Crippen molar-refractivity contribution in [2.24, 2.45) is 0 Å². The fraction of sp³-hybridized carbons (Fsp3) is 0.273. The van der Waals surface area contributed by atoms with Gasteiger partial charge in [0.1, 0.15) is 0 Å². The maximum atomic E-state index is 10.5. The number of carbonyl (C=O) groups is 1. The standard InChI is InChI=1S/C7H10O2.C4H5N/c1-4-5-6(2)7(8)9-3;1-4(2)3-5/h4H,1-2,5H2,3H3;1H2,2H3. The van der Waals surface area contributed by atoms with Crippen molar-refractivity contribution < 1.29 is 9.53 Å². The minimum absolute atomic E-state index is 0.366. The summed E-state index contributed by atoms with van der Waals surface area (Å²) in [4.78, 5) is 10.5. The van der Waals surface area contributed by atoms with E-state index in [1.165, 1.54) is 7.11 Å². The summed E-state index contributed by atoms with van der Waals surface area (Å²) in [6, 6.07) is 1.83. The van der Waals surface area contributed by atoms with Gasteiger partial charge < -0.3 is 4.74 Å². The molecule has 0 unspecified atom stereocenters. The van der Waals surface area contributed by atoms with Gasteiger partial charge in [-0.05, 0) is 13.3 Å². The molecule has 0 atom stereocenters. The van der Waals surface area contributed by atoms with Crippen LogP contribution in [-0.4, -0.2) is 13.1 Å². The Bertz CT molecular complexity index is 272. The fourth-order valence-corrected chi connectivity index (χ4v) is 0.402. The molecule has 0 rings (SSSR count). The number of hydrogen-bond acceptors (Lipinski definition) is 3. The average molecular weight is 193 g/mol. The summed E-state index contributed by atoms with van der Waals surface area (Å²) in [6.07, 6.45) is 2.10. The molecule has 0 aliphatic carbocycles. The first kappa shape index (κ1) is 14.7. The van der Waals surface area contributed by atoms with Crippen molar-refractivity contribution in [1.82, 2.24) is 0 Å². The van der Waals surface area contributed by atoms with Crippen molar-refractivity contribution in [2.75, 3.05) is 7.11 Å². The molecule has 3 nitrogen and oxygen atoms in total. The topological polar surface area (TPSA) is 50.1 Å². The number of allylic oxidation sites excluding steroid dienone is 2. The molecule has 0 aromatic heterocycles. The first-order valence-corrected chi connectivity index (χ1v) is 3.92. The molecular weight excluding hydrogens is 178 g/mol. The molecule has 0 aromatic rings. The number of nitriles is 1. The highest BCUT2D eigenvalue weighted by atomic mass is 16.5. The predicted molar refractivity (Wildman–Crippen MR) is 56.4 cm³/mol. The third-order valence-electron chi connectivity index (χ3n) is 1.06. The molecule has 0 N–H and O–H groups in total. The Morgan fingerprint density at radius 2 is 2.00 bits per heavy atom. The number of nitrogens with zero attached hydrogens (tertiary/aromatic N) is 1. The zero-order chi connectivity index (χ0) is 11.6. The normalized spacial score (nSPS) is 7.21. The van der Waals surface area contributed by atoms with E-state index in [-0.39, 0.29) is 5.97 Å². The average Bonchev–Trinajstić information content (AvgIpc) is 2.17. The lowest BCUT2D eigenvalue weighted by molar-refractivity contribution is -0.136. The smallest absolute Gasteiger partial charge is 0.333 e. The van der Waals surface area contributed by atoms with Crippen molar-refractivity contribution in [2.45, 2.75) is 13.3 Å². The number of methoxy groups -OCH3 is 1. The van der Waals surface area contributed by atoms with Crippen LogP contribution in [0.15, 0.2) is 37.0 Å². The van der Waals surface area contributed by atoms with E-state index in [0.717, 1.165) is 0 Å². The van der Waals surface area contributed by atoms with Crippen LogP contribution in [0, 0.1) is 11.3 Å². The summed E-state index contributed by atoms with van der Waals surface area (Å²) < 4.78 is 4.38. The Balaban J connectivity index is 0. The van der Waals surface area contributed by atoms with Crippen LogP contribution in [0.25, 0.3) is 0 Å². The summed E-state index contributed by atoms with van der Waals surface area (Å²) >= 11 is 0. The van der Waals surface area contributed by atoms with Gasteiger partial charge in [0.15, 0.2) is 0 Å². The monoisotopic (exact) mass is 193 g/mol. The Hall–Kier alpha value is -1.82. The summed E-state index contributed by atoms with van der Waals surface area (Å²) in [5.74, 6) is -0.366. The van der Waals surface area contributed by atoms with E-state index in [1.54, 1.807) is 13.0 Å². The van der Waals surface area contributed by atoms with Gasteiger partial charge in [-0.2, -0.15) is 5.26 Å². The molecule has 0 saturated carbocycles. The number of carbonyl (C=O) groups excluding carboxylic acids is 1. The quantitative estimate of drug-likeness (QED) is 0.299. The van der Waals surface area contributed by atoms with Gasteiger partial charge in [0, 0.05) is 11.1 Å². The van der Waals surface area contributed by atoms with Gasteiger partial charge >= 0.3 is 5.97 Å². The number of rotatable bonds is 3. The molecule has 0 aliphatic heterocycles. The third-order valence-corrected chi connectivity index (χ3v) is 1.06. The molecule has 0 aromatic carbocycles. The molecule has 0 bridgehead atoms. The molecule has 0 spiro atoms.